The van der Waals surface area contributed by atoms with E-state index in [0.717, 1.165) is 17.5 Å². The van der Waals surface area contributed by atoms with E-state index >= 15 is 0 Å². The predicted molar refractivity (Wildman–Crippen MR) is 102 cm³/mol. The first-order valence-electron chi connectivity index (χ1n) is 8.01. The number of benzene rings is 2. The monoisotopic (exact) mass is 404 g/mol. The van der Waals surface area contributed by atoms with Gasteiger partial charge in [0.15, 0.2) is 9.84 Å². The standard InChI is InChI=1S/C18H17ClN4O3S/c1-12(13-3-6-15(7-4-13)23-11-20-10-21-23)22-18(24)14-5-8-16(19)17(9-14)27(2,25)26/h3-12H,1-2H3,(H,22,24)/t12-/m0/s1. The van der Waals surface area contributed by atoms with Crippen molar-refractivity contribution in [3.63, 3.8) is 0 Å². The number of hydrogen-bond donors (Lipinski definition) is 1. The van der Waals surface area contributed by atoms with Gasteiger partial charge < -0.3 is 5.32 Å². The largest absolute Gasteiger partial charge is 0.346 e. The third-order valence-electron chi connectivity index (χ3n) is 4.02. The number of amides is 1. The summed E-state index contributed by atoms with van der Waals surface area (Å²) in [6, 6.07) is 11.4. The molecule has 0 aliphatic heterocycles. The van der Waals surface area contributed by atoms with Gasteiger partial charge in [-0.25, -0.2) is 18.1 Å². The van der Waals surface area contributed by atoms with Crippen LogP contribution in [0, 0.1) is 0 Å². The highest BCUT2D eigenvalue weighted by Gasteiger charge is 2.17. The van der Waals surface area contributed by atoms with Gasteiger partial charge in [-0.15, -0.1) is 0 Å². The molecule has 1 atom stereocenters. The van der Waals surface area contributed by atoms with Gasteiger partial charge in [-0.05, 0) is 42.8 Å². The Morgan fingerprint density at radius 1 is 1.19 bits per heavy atom. The SMILES string of the molecule is C[C@H](NC(=O)c1ccc(Cl)c(S(C)(=O)=O)c1)c1ccc(-n2cncn2)cc1. The minimum atomic E-state index is -3.52. The molecule has 2 aromatic carbocycles. The lowest BCUT2D eigenvalue weighted by molar-refractivity contribution is 0.0939. The van der Waals surface area contributed by atoms with Crippen molar-refractivity contribution >= 4 is 27.3 Å². The molecule has 3 rings (SSSR count). The van der Waals surface area contributed by atoms with Crippen molar-refractivity contribution in [3.8, 4) is 5.69 Å². The summed E-state index contributed by atoms with van der Waals surface area (Å²) in [4.78, 5) is 16.3. The van der Waals surface area contributed by atoms with Crippen molar-refractivity contribution in [2.75, 3.05) is 6.26 Å². The molecule has 1 heterocycles. The topological polar surface area (TPSA) is 94.0 Å². The number of nitrogens with one attached hydrogen (secondary N) is 1. The maximum atomic E-state index is 12.5. The lowest BCUT2D eigenvalue weighted by Crippen LogP contribution is -2.26. The molecular formula is C18H17ClN4O3S. The average Bonchev–Trinajstić information content (AvgIpc) is 3.15. The molecule has 0 spiro atoms. The minimum Gasteiger partial charge on any atom is -0.346 e. The van der Waals surface area contributed by atoms with Gasteiger partial charge in [0.2, 0.25) is 0 Å². The van der Waals surface area contributed by atoms with E-state index in [1.807, 2.05) is 31.2 Å². The van der Waals surface area contributed by atoms with Crippen LogP contribution >= 0.6 is 11.6 Å². The van der Waals surface area contributed by atoms with Crippen molar-refractivity contribution < 1.29 is 13.2 Å². The summed E-state index contributed by atoms with van der Waals surface area (Å²) in [6.45, 7) is 1.84. The van der Waals surface area contributed by atoms with Crippen LogP contribution in [-0.4, -0.2) is 35.3 Å². The Hall–Kier alpha value is -2.71. The summed E-state index contributed by atoms with van der Waals surface area (Å²) in [5, 5.41) is 7.00. The second-order valence-electron chi connectivity index (χ2n) is 6.04. The number of carbonyl (C=O) groups is 1. The van der Waals surface area contributed by atoms with Gasteiger partial charge in [-0.1, -0.05) is 23.7 Å². The van der Waals surface area contributed by atoms with Crippen LogP contribution in [0.15, 0.2) is 60.0 Å². The molecule has 7 nitrogen and oxygen atoms in total. The van der Waals surface area contributed by atoms with Crippen LogP contribution in [0.25, 0.3) is 5.69 Å². The highest BCUT2D eigenvalue weighted by molar-refractivity contribution is 7.90. The minimum absolute atomic E-state index is 0.0679. The van der Waals surface area contributed by atoms with E-state index in [2.05, 4.69) is 15.4 Å². The number of sulfone groups is 1. The number of hydrogen-bond acceptors (Lipinski definition) is 5. The molecule has 1 amide bonds. The van der Waals surface area contributed by atoms with E-state index in [1.54, 1.807) is 11.0 Å². The van der Waals surface area contributed by atoms with Crippen molar-refractivity contribution in [2.24, 2.45) is 0 Å². The maximum Gasteiger partial charge on any atom is 0.251 e. The molecule has 0 radical (unpaired) electrons. The van der Waals surface area contributed by atoms with E-state index in [1.165, 1.54) is 24.5 Å². The normalized spacial score (nSPS) is 12.6. The van der Waals surface area contributed by atoms with Gasteiger partial charge in [0.25, 0.3) is 5.91 Å². The molecule has 9 heteroatoms. The summed E-state index contributed by atoms with van der Waals surface area (Å²) in [7, 11) is -3.52. The summed E-state index contributed by atoms with van der Waals surface area (Å²) in [5.41, 5.74) is 1.97. The first kappa shape index (κ1) is 19.1. The zero-order chi connectivity index (χ0) is 19.6. The van der Waals surface area contributed by atoms with Crippen LogP contribution in [0.5, 0.6) is 0 Å². The molecule has 0 bridgehead atoms. The molecule has 0 unspecified atom stereocenters. The summed E-state index contributed by atoms with van der Waals surface area (Å²) >= 11 is 5.92. The van der Waals surface area contributed by atoms with E-state index in [9.17, 15) is 13.2 Å². The van der Waals surface area contributed by atoms with Gasteiger partial charge >= 0.3 is 0 Å². The molecule has 1 aromatic heterocycles. The molecule has 140 valence electrons. The van der Waals surface area contributed by atoms with Crippen LogP contribution < -0.4 is 5.32 Å². The number of rotatable bonds is 5. The summed E-state index contributed by atoms with van der Waals surface area (Å²) < 4.78 is 25.2. The smallest absolute Gasteiger partial charge is 0.251 e. The molecule has 0 saturated carbocycles. The fourth-order valence-corrected chi connectivity index (χ4v) is 3.85. The van der Waals surface area contributed by atoms with Gasteiger partial charge in [0.1, 0.15) is 12.7 Å². The zero-order valence-corrected chi connectivity index (χ0v) is 16.2. The third-order valence-corrected chi connectivity index (χ3v) is 5.60. The average molecular weight is 405 g/mol. The third kappa shape index (κ3) is 4.35. The van der Waals surface area contributed by atoms with E-state index < -0.39 is 9.84 Å². The van der Waals surface area contributed by atoms with Crippen molar-refractivity contribution in [3.05, 3.63) is 71.3 Å². The van der Waals surface area contributed by atoms with E-state index in [0.29, 0.717) is 0 Å². The van der Waals surface area contributed by atoms with Gasteiger partial charge in [-0.2, -0.15) is 5.10 Å². The van der Waals surface area contributed by atoms with Crippen molar-refractivity contribution in [1.29, 1.82) is 0 Å². The quantitative estimate of drug-likeness (QED) is 0.705. The Morgan fingerprint density at radius 2 is 1.89 bits per heavy atom. The fourth-order valence-electron chi connectivity index (χ4n) is 2.55. The van der Waals surface area contributed by atoms with Crippen molar-refractivity contribution in [2.45, 2.75) is 17.9 Å². The molecule has 1 N–H and O–H groups in total. The van der Waals surface area contributed by atoms with E-state index in [4.69, 9.17) is 11.6 Å². The van der Waals surface area contributed by atoms with Crippen LogP contribution in [0.3, 0.4) is 0 Å². The van der Waals surface area contributed by atoms with Crippen LogP contribution in [0.2, 0.25) is 5.02 Å². The molecular weight excluding hydrogens is 388 g/mol. The molecule has 27 heavy (non-hydrogen) atoms. The summed E-state index contributed by atoms with van der Waals surface area (Å²) in [5.74, 6) is -0.385. The van der Waals surface area contributed by atoms with E-state index in [-0.39, 0.29) is 27.4 Å². The fraction of sp³-hybridized carbons (Fsp3) is 0.167. The Balaban J connectivity index is 1.76. The van der Waals surface area contributed by atoms with Gasteiger partial charge in [0.05, 0.1) is 21.6 Å². The second kappa shape index (κ2) is 7.50. The lowest BCUT2D eigenvalue weighted by Gasteiger charge is -2.15. The number of halogens is 1. The maximum absolute atomic E-state index is 12.5. The Bertz CT molecular complexity index is 1060. The molecule has 0 fully saturated rings. The van der Waals surface area contributed by atoms with Gasteiger partial charge in [0, 0.05) is 11.8 Å². The van der Waals surface area contributed by atoms with Crippen LogP contribution in [0.4, 0.5) is 0 Å². The molecule has 0 aliphatic carbocycles. The second-order valence-corrected chi connectivity index (χ2v) is 8.44. The highest BCUT2D eigenvalue weighted by atomic mass is 35.5. The van der Waals surface area contributed by atoms with Gasteiger partial charge in [-0.3, -0.25) is 4.79 Å². The molecule has 3 aromatic rings. The highest BCUT2D eigenvalue weighted by Crippen LogP contribution is 2.23. The number of nitrogens with zero attached hydrogens (tertiary/aromatic N) is 3. The molecule has 0 aliphatic rings. The number of aromatic nitrogens is 3. The zero-order valence-electron chi connectivity index (χ0n) is 14.6. The first-order chi connectivity index (χ1) is 12.8. The number of carbonyl (C=O) groups excluding carboxylic acids is 1. The molecule has 0 saturated heterocycles. The van der Waals surface area contributed by atoms with Crippen LogP contribution in [0.1, 0.15) is 28.9 Å². The Morgan fingerprint density at radius 3 is 2.48 bits per heavy atom. The Labute approximate surface area is 161 Å². The lowest BCUT2D eigenvalue weighted by atomic mass is 10.1. The first-order valence-corrected chi connectivity index (χ1v) is 10.3. The Kier molecular flexibility index (Phi) is 5.29. The predicted octanol–water partition coefficient (Wildman–Crippen LogP) is 2.82. The summed E-state index contributed by atoms with van der Waals surface area (Å²) in [6.07, 6.45) is 4.10. The van der Waals surface area contributed by atoms with Crippen molar-refractivity contribution in [1.82, 2.24) is 20.1 Å². The van der Waals surface area contributed by atoms with Crippen LogP contribution in [-0.2, 0) is 9.84 Å².